The van der Waals surface area contributed by atoms with E-state index in [1.807, 2.05) is 18.7 Å². The van der Waals surface area contributed by atoms with Gasteiger partial charge in [-0.2, -0.15) is 0 Å². The van der Waals surface area contributed by atoms with Crippen LogP contribution in [-0.4, -0.2) is 53.6 Å². The van der Waals surface area contributed by atoms with Crippen molar-refractivity contribution >= 4 is 23.6 Å². The maximum absolute atomic E-state index is 12.1. The Morgan fingerprint density at radius 3 is 2.84 bits per heavy atom. The van der Waals surface area contributed by atoms with E-state index in [0.717, 1.165) is 25.1 Å². The number of hydrogen-bond donors (Lipinski definition) is 1. The fourth-order valence-corrected chi connectivity index (χ4v) is 4.19. The van der Waals surface area contributed by atoms with E-state index in [0.29, 0.717) is 6.54 Å². The fraction of sp³-hybridized carbons (Fsp3) is 0.846. The van der Waals surface area contributed by atoms with Gasteiger partial charge in [-0.05, 0) is 12.8 Å². The third kappa shape index (κ3) is 3.05. The van der Waals surface area contributed by atoms with Gasteiger partial charge >= 0.3 is 5.97 Å². The van der Waals surface area contributed by atoms with Crippen LogP contribution in [0.25, 0.3) is 0 Å². The summed E-state index contributed by atoms with van der Waals surface area (Å²) in [6.07, 6.45) is 1.97. The number of carbonyl (C=O) groups is 2. The van der Waals surface area contributed by atoms with Crippen LogP contribution in [0.1, 0.15) is 26.7 Å². The van der Waals surface area contributed by atoms with Crippen LogP contribution in [0.15, 0.2) is 0 Å². The van der Waals surface area contributed by atoms with E-state index < -0.39 is 0 Å². The second-order valence-corrected chi connectivity index (χ2v) is 6.95. The maximum Gasteiger partial charge on any atom is 0.323 e. The number of esters is 1. The van der Waals surface area contributed by atoms with Crippen LogP contribution in [0.5, 0.6) is 0 Å². The molecule has 0 aromatic rings. The molecule has 1 unspecified atom stereocenters. The number of ether oxygens (including phenoxy) is 1. The number of methoxy groups -OCH3 is 1. The summed E-state index contributed by atoms with van der Waals surface area (Å²) in [5.74, 6) is 0.730. The number of nitrogens with zero attached hydrogens (tertiary/aromatic N) is 1. The van der Waals surface area contributed by atoms with E-state index in [1.54, 1.807) is 11.8 Å². The van der Waals surface area contributed by atoms with Crippen molar-refractivity contribution in [1.29, 1.82) is 0 Å². The number of thioether (sulfide) groups is 1. The Balaban J connectivity index is 2.01. The first-order chi connectivity index (χ1) is 8.97. The van der Waals surface area contributed by atoms with Gasteiger partial charge in [0.15, 0.2) is 0 Å². The lowest BCUT2D eigenvalue weighted by Gasteiger charge is -2.40. The zero-order valence-electron chi connectivity index (χ0n) is 11.8. The minimum Gasteiger partial charge on any atom is -0.468 e. The Kier molecular flexibility index (Phi) is 4.40. The van der Waals surface area contributed by atoms with Crippen LogP contribution in [0.4, 0.5) is 0 Å². The highest BCUT2D eigenvalue weighted by Gasteiger charge is 2.45. The SMILES string of the molecule is COC(=O)[C@@H]1CSC2(CCCN(C(=O)C(C)C)C2)N1. The number of likely N-dealkylation sites (tertiary alicyclic amines) is 1. The lowest BCUT2D eigenvalue weighted by atomic mass is 10.0. The number of amides is 1. The van der Waals surface area contributed by atoms with Crippen molar-refractivity contribution in [2.24, 2.45) is 5.92 Å². The standard InChI is InChI=1S/C13H22N2O3S/c1-9(2)11(16)15-6-4-5-13(8-15)14-10(7-19-13)12(17)18-3/h9-10,14H,4-8H2,1-3H3/t10-,13?/m0/s1. The molecule has 108 valence electrons. The average Bonchev–Trinajstić information content (AvgIpc) is 2.80. The molecule has 1 amide bonds. The van der Waals surface area contributed by atoms with Crippen LogP contribution in [0.3, 0.4) is 0 Å². The van der Waals surface area contributed by atoms with Gasteiger partial charge in [0.05, 0.1) is 12.0 Å². The van der Waals surface area contributed by atoms with Gasteiger partial charge in [-0.15, -0.1) is 11.8 Å². The molecule has 0 saturated carbocycles. The van der Waals surface area contributed by atoms with Crippen LogP contribution < -0.4 is 5.32 Å². The van der Waals surface area contributed by atoms with Crippen LogP contribution in [-0.2, 0) is 14.3 Å². The van der Waals surface area contributed by atoms with E-state index >= 15 is 0 Å². The Labute approximate surface area is 118 Å². The van der Waals surface area contributed by atoms with Crippen molar-refractivity contribution < 1.29 is 14.3 Å². The highest BCUT2D eigenvalue weighted by molar-refractivity contribution is 8.01. The molecule has 0 aromatic heterocycles. The van der Waals surface area contributed by atoms with Gasteiger partial charge in [-0.25, -0.2) is 0 Å². The van der Waals surface area contributed by atoms with Gasteiger partial charge in [0.2, 0.25) is 5.91 Å². The van der Waals surface area contributed by atoms with E-state index in [-0.39, 0.29) is 28.7 Å². The van der Waals surface area contributed by atoms with Crippen LogP contribution in [0, 0.1) is 5.92 Å². The summed E-state index contributed by atoms with van der Waals surface area (Å²) in [7, 11) is 1.41. The number of piperidine rings is 1. The largest absolute Gasteiger partial charge is 0.468 e. The molecule has 5 nitrogen and oxygen atoms in total. The second kappa shape index (κ2) is 5.71. The topological polar surface area (TPSA) is 58.6 Å². The number of hydrogen-bond acceptors (Lipinski definition) is 5. The van der Waals surface area contributed by atoms with E-state index in [9.17, 15) is 9.59 Å². The Hall–Kier alpha value is -0.750. The summed E-state index contributed by atoms with van der Waals surface area (Å²) in [5.41, 5.74) is 0. The van der Waals surface area contributed by atoms with Crippen molar-refractivity contribution in [3.05, 3.63) is 0 Å². The fourth-order valence-electron chi connectivity index (χ4n) is 2.72. The number of rotatable bonds is 2. The summed E-state index contributed by atoms with van der Waals surface area (Å²) < 4.78 is 4.79. The summed E-state index contributed by atoms with van der Waals surface area (Å²) in [6, 6.07) is -0.246. The zero-order valence-corrected chi connectivity index (χ0v) is 12.6. The van der Waals surface area contributed by atoms with E-state index in [4.69, 9.17) is 4.74 Å². The minimum atomic E-state index is -0.246. The molecule has 2 heterocycles. The average molecular weight is 286 g/mol. The monoisotopic (exact) mass is 286 g/mol. The first-order valence-electron chi connectivity index (χ1n) is 6.76. The molecule has 0 bridgehead atoms. The molecular weight excluding hydrogens is 264 g/mol. The third-order valence-electron chi connectivity index (χ3n) is 3.71. The zero-order chi connectivity index (χ0) is 14.0. The molecule has 19 heavy (non-hydrogen) atoms. The molecule has 2 aliphatic heterocycles. The molecular formula is C13H22N2O3S. The molecule has 1 spiro atoms. The summed E-state index contributed by atoms with van der Waals surface area (Å²) in [6.45, 7) is 5.36. The first-order valence-corrected chi connectivity index (χ1v) is 7.74. The van der Waals surface area contributed by atoms with Gasteiger partial charge in [-0.3, -0.25) is 14.9 Å². The van der Waals surface area contributed by atoms with Crippen molar-refractivity contribution in [3.63, 3.8) is 0 Å². The van der Waals surface area contributed by atoms with Crippen LogP contribution in [0.2, 0.25) is 0 Å². The normalized spacial score (nSPS) is 30.9. The molecule has 2 aliphatic rings. The number of carbonyl (C=O) groups excluding carboxylic acids is 2. The molecule has 0 aliphatic carbocycles. The van der Waals surface area contributed by atoms with Crippen molar-refractivity contribution in [2.45, 2.75) is 37.6 Å². The molecule has 2 fully saturated rings. The second-order valence-electron chi connectivity index (χ2n) is 5.54. The highest BCUT2D eigenvalue weighted by Crippen LogP contribution is 2.38. The van der Waals surface area contributed by atoms with Gasteiger partial charge in [-0.1, -0.05) is 13.8 Å². The van der Waals surface area contributed by atoms with Crippen molar-refractivity contribution in [2.75, 3.05) is 26.0 Å². The number of nitrogens with one attached hydrogen (secondary N) is 1. The first kappa shape index (κ1) is 14.7. The Bertz CT molecular complexity index is 375. The van der Waals surface area contributed by atoms with Gasteiger partial charge in [0.25, 0.3) is 0 Å². The molecule has 2 atom stereocenters. The predicted molar refractivity (Wildman–Crippen MR) is 74.8 cm³/mol. The predicted octanol–water partition coefficient (Wildman–Crippen LogP) is 0.839. The van der Waals surface area contributed by atoms with Gasteiger partial charge < -0.3 is 9.64 Å². The summed E-state index contributed by atoms with van der Waals surface area (Å²) in [4.78, 5) is 25.5. The Morgan fingerprint density at radius 1 is 1.47 bits per heavy atom. The highest BCUT2D eigenvalue weighted by atomic mass is 32.2. The molecule has 6 heteroatoms. The molecule has 0 aromatic carbocycles. The quantitative estimate of drug-likeness (QED) is 0.762. The smallest absolute Gasteiger partial charge is 0.323 e. The van der Waals surface area contributed by atoms with E-state index in [2.05, 4.69) is 5.32 Å². The summed E-state index contributed by atoms with van der Waals surface area (Å²) >= 11 is 1.74. The maximum atomic E-state index is 12.1. The lowest BCUT2D eigenvalue weighted by Crippen LogP contribution is -2.56. The van der Waals surface area contributed by atoms with Gasteiger partial charge in [0.1, 0.15) is 6.04 Å². The van der Waals surface area contributed by atoms with Gasteiger partial charge in [0, 0.05) is 24.8 Å². The molecule has 2 saturated heterocycles. The van der Waals surface area contributed by atoms with Crippen LogP contribution >= 0.6 is 11.8 Å². The third-order valence-corrected chi connectivity index (χ3v) is 5.21. The van der Waals surface area contributed by atoms with Crippen molar-refractivity contribution in [1.82, 2.24) is 10.2 Å². The molecule has 2 rings (SSSR count). The minimum absolute atomic E-state index is 0.0259. The molecule has 1 N–H and O–H groups in total. The molecule has 0 radical (unpaired) electrons. The lowest BCUT2D eigenvalue weighted by molar-refractivity contribution is -0.142. The van der Waals surface area contributed by atoms with Crippen molar-refractivity contribution in [3.8, 4) is 0 Å². The van der Waals surface area contributed by atoms with E-state index in [1.165, 1.54) is 7.11 Å². The Morgan fingerprint density at radius 2 is 2.21 bits per heavy atom. The summed E-state index contributed by atoms with van der Waals surface area (Å²) in [5, 5.41) is 3.38.